The van der Waals surface area contributed by atoms with E-state index >= 15 is 0 Å². The highest BCUT2D eigenvalue weighted by molar-refractivity contribution is 5.75. The minimum Gasteiger partial charge on any atom is -0.462 e. The van der Waals surface area contributed by atoms with Crippen molar-refractivity contribution in [2.24, 2.45) is 11.8 Å². The quantitative estimate of drug-likeness (QED) is 0.245. The van der Waals surface area contributed by atoms with Crippen molar-refractivity contribution in [3.63, 3.8) is 0 Å². The molecule has 1 fully saturated rings. The van der Waals surface area contributed by atoms with Gasteiger partial charge in [0, 0.05) is 0 Å². The van der Waals surface area contributed by atoms with Gasteiger partial charge in [0.15, 0.2) is 0 Å². The van der Waals surface area contributed by atoms with E-state index in [0.717, 1.165) is 51.4 Å². The van der Waals surface area contributed by atoms with Gasteiger partial charge in [-0.1, -0.05) is 52.4 Å². The molecule has 0 N–H and O–H groups in total. The molecule has 2 atom stereocenters. The summed E-state index contributed by atoms with van der Waals surface area (Å²) < 4.78 is 11.3. The van der Waals surface area contributed by atoms with Crippen molar-refractivity contribution in [1.82, 2.24) is 0 Å². The average molecular weight is 397 g/mol. The third-order valence-electron chi connectivity index (χ3n) is 5.96. The lowest BCUT2D eigenvalue weighted by Gasteiger charge is -2.28. The molecule has 0 radical (unpaired) electrons. The summed E-state index contributed by atoms with van der Waals surface area (Å²) in [4.78, 5) is 24.8. The third kappa shape index (κ3) is 10.5. The van der Waals surface area contributed by atoms with Gasteiger partial charge >= 0.3 is 11.9 Å². The summed E-state index contributed by atoms with van der Waals surface area (Å²) >= 11 is 0. The molecule has 0 aliphatic heterocycles. The van der Waals surface area contributed by atoms with Gasteiger partial charge in [-0.25, -0.2) is 0 Å². The molecule has 1 saturated carbocycles. The van der Waals surface area contributed by atoms with Crippen LogP contribution < -0.4 is 0 Å². The van der Waals surface area contributed by atoms with Crippen LogP contribution in [0.1, 0.15) is 118 Å². The van der Waals surface area contributed by atoms with E-state index in [-0.39, 0.29) is 36.0 Å². The zero-order valence-electron chi connectivity index (χ0n) is 18.8. The molecule has 0 aromatic rings. The summed E-state index contributed by atoms with van der Waals surface area (Å²) in [5, 5.41) is 0. The number of ether oxygens (including phenoxy) is 2. The second-order valence-corrected chi connectivity index (χ2v) is 8.74. The minimum absolute atomic E-state index is 0.000558. The van der Waals surface area contributed by atoms with Crippen molar-refractivity contribution in [3.05, 3.63) is 0 Å². The van der Waals surface area contributed by atoms with Crippen molar-refractivity contribution < 1.29 is 19.1 Å². The second-order valence-electron chi connectivity index (χ2n) is 8.74. The summed E-state index contributed by atoms with van der Waals surface area (Å²) in [5.41, 5.74) is 0. The first-order chi connectivity index (χ1) is 13.5. The van der Waals surface area contributed by atoms with Crippen molar-refractivity contribution in [1.29, 1.82) is 0 Å². The van der Waals surface area contributed by atoms with Crippen molar-refractivity contribution in [2.75, 3.05) is 0 Å². The maximum Gasteiger partial charge on any atom is 0.309 e. The van der Waals surface area contributed by atoms with Crippen LogP contribution in [0.25, 0.3) is 0 Å². The fraction of sp³-hybridized carbons (Fsp3) is 0.917. The zero-order chi connectivity index (χ0) is 20.8. The lowest BCUT2D eigenvalue weighted by Crippen LogP contribution is -2.31. The molecule has 28 heavy (non-hydrogen) atoms. The van der Waals surface area contributed by atoms with Crippen LogP contribution in [0.15, 0.2) is 0 Å². The second kappa shape index (κ2) is 14.9. The molecule has 164 valence electrons. The molecule has 1 rings (SSSR count). The van der Waals surface area contributed by atoms with Crippen molar-refractivity contribution >= 4 is 11.9 Å². The van der Waals surface area contributed by atoms with Gasteiger partial charge in [0.1, 0.15) is 0 Å². The van der Waals surface area contributed by atoms with Crippen LogP contribution in [0.4, 0.5) is 0 Å². The molecule has 1 aliphatic carbocycles. The smallest absolute Gasteiger partial charge is 0.309 e. The monoisotopic (exact) mass is 396 g/mol. The highest BCUT2D eigenvalue weighted by Gasteiger charge is 2.32. The van der Waals surface area contributed by atoms with E-state index < -0.39 is 0 Å². The van der Waals surface area contributed by atoms with E-state index in [9.17, 15) is 9.59 Å². The van der Waals surface area contributed by atoms with Gasteiger partial charge in [-0.05, 0) is 65.2 Å². The molecule has 4 heteroatoms. The number of hydrogen-bond acceptors (Lipinski definition) is 4. The molecule has 1 aliphatic rings. The summed E-state index contributed by atoms with van der Waals surface area (Å²) in [5.74, 6) is -0.236. The van der Waals surface area contributed by atoms with E-state index in [0.29, 0.717) is 0 Å². The van der Waals surface area contributed by atoms with Crippen LogP contribution in [0.2, 0.25) is 0 Å². The Morgan fingerprint density at radius 1 is 0.679 bits per heavy atom. The molecule has 4 nitrogen and oxygen atoms in total. The van der Waals surface area contributed by atoms with E-state index in [4.69, 9.17) is 9.47 Å². The predicted octanol–water partition coefficient (Wildman–Crippen LogP) is 6.60. The SMILES string of the molecule is CCCCCCC(C)OC(=O)C1CCC(C(=O)OC(C)CCCCCC)CC1. The Bertz CT molecular complexity index is 386. The van der Waals surface area contributed by atoms with E-state index in [1.165, 1.54) is 38.5 Å². The molecule has 0 aromatic heterocycles. The number of hydrogen-bond donors (Lipinski definition) is 0. The predicted molar refractivity (Wildman–Crippen MR) is 114 cm³/mol. The fourth-order valence-electron chi connectivity index (χ4n) is 3.99. The number of carbonyl (C=O) groups is 2. The molecule has 0 amide bonds. The van der Waals surface area contributed by atoms with E-state index in [1.54, 1.807) is 0 Å². The van der Waals surface area contributed by atoms with Crippen LogP contribution in [0.3, 0.4) is 0 Å². The molecular formula is C24H44O4. The van der Waals surface area contributed by atoms with Crippen LogP contribution in [-0.4, -0.2) is 24.1 Å². The maximum atomic E-state index is 12.4. The first kappa shape index (κ1) is 25.0. The minimum atomic E-state index is -0.0703. The van der Waals surface area contributed by atoms with Gasteiger partial charge in [0.2, 0.25) is 0 Å². The summed E-state index contributed by atoms with van der Waals surface area (Å²) in [6, 6.07) is 0. The first-order valence-electron chi connectivity index (χ1n) is 11.9. The number of unbranched alkanes of at least 4 members (excludes halogenated alkanes) is 6. The Kier molecular flexibility index (Phi) is 13.3. The number of esters is 2. The fourth-order valence-corrected chi connectivity index (χ4v) is 3.99. The Morgan fingerprint density at radius 2 is 1.04 bits per heavy atom. The van der Waals surface area contributed by atoms with Crippen LogP contribution in [0, 0.1) is 11.8 Å². The standard InChI is InChI=1S/C24H44O4/c1-5-7-9-11-13-19(3)27-23(25)21-15-17-22(18-16-21)24(26)28-20(4)14-12-10-8-6-2/h19-22H,5-18H2,1-4H3. The van der Waals surface area contributed by atoms with Crippen LogP contribution >= 0.6 is 0 Å². The highest BCUT2D eigenvalue weighted by atomic mass is 16.5. The zero-order valence-corrected chi connectivity index (χ0v) is 18.8. The number of rotatable bonds is 14. The summed E-state index contributed by atoms with van der Waals surface area (Å²) in [6.45, 7) is 8.39. The van der Waals surface area contributed by atoms with Crippen LogP contribution in [0.5, 0.6) is 0 Å². The van der Waals surface area contributed by atoms with E-state index in [1.807, 2.05) is 13.8 Å². The molecule has 0 saturated heterocycles. The molecule has 0 bridgehead atoms. The first-order valence-corrected chi connectivity index (χ1v) is 11.9. The lowest BCUT2D eigenvalue weighted by atomic mass is 9.82. The largest absolute Gasteiger partial charge is 0.462 e. The van der Waals surface area contributed by atoms with Gasteiger partial charge < -0.3 is 9.47 Å². The Balaban J connectivity index is 2.22. The topological polar surface area (TPSA) is 52.6 Å². The highest BCUT2D eigenvalue weighted by Crippen LogP contribution is 2.31. The van der Waals surface area contributed by atoms with Gasteiger partial charge in [-0.2, -0.15) is 0 Å². The molecule has 0 aromatic carbocycles. The molecular weight excluding hydrogens is 352 g/mol. The molecule has 0 heterocycles. The third-order valence-corrected chi connectivity index (χ3v) is 5.96. The maximum absolute atomic E-state index is 12.4. The normalized spacial score (nSPS) is 21.7. The molecule has 2 unspecified atom stereocenters. The molecule has 0 spiro atoms. The van der Waals surface area contributed by atoms with Gasteiger partial charge in [-0.3, -0.25) is 9.59 Å². The van der Waals surface area contributed by atoms with E-state index in [2.05, 4.69) is 13.8 Å². The lowest BCUT2D eigenvalue weighted by molar-refractivity contribution is -0.160. The number of carbonyl (C=O) groups excluding carboxylic acids is 2. The Labute approximate surface area is 173 Å². The van der Waals surface area contributed by atoms with Crippen LogP contribution in [-0.2, 0) is 19.1 Å². The Hall–Kier alpha value is -1.06. The average Bonchev–Trinajstić information content (AvgIpc) is 2.68. The van der Waals surface area contributed by atoms with Gasteiger partial charge in [0.05, 0.1) is 24.0 Å². The van der Waals surface area contributed by atoms with Crippen molar-refractivity contribution in [3.8, 4) is 0 Å². The summed E-state index contributed by atoms with van der Waals surface area (Å²) in [6.07, 6.45) is 14.5. The van der Waals surface area contributed by atoms with Crippen molar-refractivity contribution in [2.45, 2.75) is 130 Å². The Morgan fingerprint density at radius 3 is 1.36 bits per heavy atom. The van der Waals surface area contributed by atoms with Gasteiger partial charge in [0.25, 0.3) is 0 Å². The van der Waals surface area contributed by atoms with Gasteiger partial charge in [-0.15, -0.1) is 0 Å². The summed E-state index contributed by atoms with van der Waals surface area (Å²) in [7, 11) is 0.